The smallest absolute Gasteiger partial charge is 0.408 e. The Bertz CT molecular complexity index is 418. The Labute approximate surface area is 100.0 Å². The van der Waals surface area contributed by atoms with Crippen LogP contribution in [0.15, 0.2) is 12.5 Å². The second-order valence-corrected chi connectivity index (χ2v) is 4.67. The molecule has 0 aliphatic heterocycles. The number of imidazole rings is 1. The number of hydrogen-bond donors (Lipinski definition) is 1. The van der Waals surface area contributed by atoms with Gasteiger partial charge < -0.3 is 14.6 Å². The summed E-state index contributed by atoms with van der Waals surface area (Å²) in [4.78, 5) is 26.8. The van der Waals surface area contributed by atoms with Crippen LogP contribution in [0.2, 0.25) is 0 Å². The highest BCUT2D eigenvalue weighted by molar-refractivity contribution is 5.97. The Morgan fingerprint density at radius 2 is 2.12 bits per heavy atom. The van der Waals surface area contributed by atoms with Gasteiger partial charge in [-0.3, -0.25) is 4.79 Å². The van der Waals surface area contributed by atoms with Crippen molar-refractivity contribution in [3.63, 3.8) is 0 Å². The monoisotopic (exact) mass is 239 g/mol. The molecule has 94 valence electrons. The zero-order valence-electron chi connectivity index (χ0n) is 10.5. The lowest BCUT2D eigenvalue weighted by atomic mass is 10.2. The number of Topliss-reactive ketones (excluding diaryl/α,β-unsaturated/α-hetero) is 1. The number of aromatic nitrogens is 2. The van der Waals surface area contributed by atoms with Crippen LogP contribution in [0.3, 0.4) is 0 Å². The standard InChI is InChI=1S/C11H17N3O3/c1-11(2,3)17-10(16)13-6-9(15)8-5-12-7-14(8)4/h5,7H,6H2,1-4H3,(H,13,16). The zero-order valence-corrected chi connectivity index (χ0v) is 10.5. The lowest BCUT2D eigenvalue weighted by Gasteiger charge is -2.19. The molecule has 1 N–H and O–H groups in total. The molecule has 0 spiro atoms. The van der Waals surface area contributed by atoms with Crippen LogP contribution in [0.4, 0.5) is 4.79 Å². The molecule has 0 atom stereocenters. The first-order valence-corrected chi connectivity index (χ1v) is 5.26. The van der Waals surface area contributed by atoms with E-state index in [1.165, 1.54) is 12.5 Å². The van der Waals surface area contributed by atoms with Gasteiger partial charge in [-0.05, 0) is 20.8 Å². The molecule has 6 heteroatoms. The number of amides is 1. The summed E-state index contributed by atoms with van der Waals surface area (Å²) in [6.45, 7) is 5.18. The van der Waals surface area contributed by atoms with E-state index in [9.17, 15) is 9.59 Å². The van der Waals surface area contributed by atoms with Crippen molar-refractivity contribution < 1.29 is 14.3 Å². The summed E-state index contributed by atoms with van der Waals surface area (Å²) in [7, 11) is 1.72. The number of rotatable bonds is 3. The molecule has 1 aromatic rings. The minimum absolute atomic E-state index is 0.103. The Balaban J connectivity index is 2.45. The molecule has 17 heavy (non-hydrogen) atoms. The highest BCUT2D eigenvalue weighted by atomic mass is 16.6. The van der Waals surface area contributed by atoms with E-state index in [0.717, 1.165) is 0 Å². The highest BCUT2D eigenvalue weighted by Crippen LogP contribution is 2.06. The van der Waals surface area contributed by atoms with Crippen LogP contribution < -0.4 is 5.32 Å². The van der Waals surface area contributed by atoms with Crippen molar-refractivity contribution in [2.45, 2.75) is 26.4 Å². The van der Waals surface area contributed by atoms with Crippen molar-refractivity contribution in [3.8, 4) is 0 Å². The van der Waals surface area contributed by atoms with Gasteiger partial charge in [0.2, 0.25) is 0 Å². The number of ether oxygens (including phenoxy) is 1. The van der Waals surface area contributed by atoms with Crippen LogP contribution in [-0.2, 0) is 11.8 Å². The molecule has 1 rings (SSSR count). The number of carbonyl (C=O) groups is 2. The Hall–Kier alpha value is -1.85. The summed E-state index contributed by atoms with van der Waals surface area (Å²) in [5, 5.41) is 2.40. The fourth-order valence-electron chi connectivity index (χ4n) is 1.18. The lowest BCUT2D eigenvalue weighted by molar-refractivity contribution is 0.0520. The number of aryl methyl sites for hydroxylation is 1. The molecular weight excluding hydrogens is 222 g/mol. The first kappa shape index (κ1) is 13.2. The van der Waals surface area contributed by atoms with Crippen molar-refractivity contribution >= 4 is 11.9 Å². The molecule has 1 amide bonds. The number of carbonyl (C=O) groups excluding carboxylic acids is 2. The van der Waals surface area contributed by atoms with Crippen molar-refractivity contribution in [2.75, 3.05) is 6.54 Å². The average Bonchev–Trinajstić information content (AvgIpc) is 2.58. The molecule has 0 aliphatic carbocycles. The third-order valence-corrected chi connectivity index (χ3v) is 1.89. The van der Waals surface area contributed by atoms with Gasteiger partial charge in [-0.1, -0.05) is 0 Å². The lowest BCUT2D eigenvalue weighted by Crippen LogP contribution is -2.35. The highest BCUT2D eigenvalue weighted by Gasteiger charge is 2.17. The van der Waals surface area contributed by atoms with E-state index in [-0.39, 0.29) is 12.3 Å². The van der Waals surface area contributed by atoms with Crippen LogP contribution in [-0.4, -0.2) is 33.6 Å². The van der Waals surface area contributed by atoms with E-state index in [4.69, 9.17) is 4.74 Å². The van der Waals surface area contributed by atoms with Gasteiger partial charge in [0.25, 0.3) is 0 Å². The van der Waals surface area contributed by atoms with Gasteiger partial charge in [0, 0.05) is 7.05 Å². The minimum Gasteiger partial charge on any atom is -0.444 e. The van der Waals surface area contributed by atoms with Gasteiger partial charge >= 0.3 is 6.09 Å². The first-order valence-electron chi connectivity index (χ1n) is 5.26. The van der Waals surface area contributed by atoms with E-state index >= 15 is 0 Å². The summed E-state index contributed by atoms with van der Waals surface area (Å²) in [6, 6.07) is 0. The summed E-state index contributed by atoms with van der Waals surface area (Å²) < 4.78 is 6.61. The maximum atomic E-state index is 11.7. The maximum absolute atomic E-state index is 11.7. The van der Waals surface area contributed by atoms with Crippen LogP contribution in [0, 0.1) is 0 Å². The van der Waals surface area contributed by atoms with Gasteiger partial charge in [0.15, 0.2) is 5.78 Å². The van der Waals surface area contributed by atoms with E-state index in [0.29, 0.717) is 5.69 Å². The predicted octanol–water partition coefficient (Wildman–Crippen LogP) is 1.13. The zero-order chi connectivity index (χ0) is 13.1. The fraction of sp³-hybridized carbons (Fsp3) is 0.545. The summed E-state index contributed by atoms with van der Waals surface area (Å²) in [5.41, 5.74) is -0.124. The average molecular weight is 239 g/mol. The van der Waals surface area contributed by atoms with E-state index in [1.807, 2.05) is 0 Å². The van der Waals surface area contributed by atoms with Gasteiger partial charge in [-0.25, -0.2) is 9.78 Å². The van der Waals surface area contributed by atoms with Gasteiger partial charge in [0.05, 0.1) is 19.1 Å². The summed E-state index contributed by atoms with van der Waals surface area (Å²) in [5.74, 6) is -0.212. The third kappa shape index (κ3) is 4.26. The van der Waals surface area contributed by atoms with Crippen molar-refractivity contribution in [2.24, 2.45) is 7.05 Å². The van der Waals surface area contributed by atoms with Crippen LogP contribution in [0.25, 0.3) is 0 Å². The number of hydrogen-bond acceptors (Lipinski definition) is 4. The Morgan fingerprint density at radius 3 is 2.59 bits per heavy atom. The Morgan fingerprint density at radius 1 is 1.47 bits per heavy atom. The quantitative estimate of drug-likeness (QED) is 0.802. The van der Waals surface area contributed by atoms with Gasteiger partial charge in [-0.15, -0.1) is 0 Å². The summed E-state index contributed by atoms with van der Waals surface area (Å²) in [6.07, 6.45) is 2.38. The van der Waals surface area contributed by atoms with Gasteiger partial charge in [-0.2, -0.15) is 0 Å². The normalized spacial score (nSPS) is 11.1. The molecular formula is C11H17N3O3. The van der Waals surface area contributed by atoms with E-state index in [2.05, 4.69) is 10.3 Å². The minimum atomic E-state index is -0.604. The number of ketones is 1. The molecule has 0 fully saturated rings. The second-order valence-electron chi connectivity index (χ2n) is 4.67. The predicted molar refractivity (Wildman–Crippen MR) is 61.8 cm³/mol. The van der Waals surface area contributed by atoms with Crippen molar-refractivity contribution in [1.82, 2.24) is 14.9 Å². The molecule has 0 radical (unpaired) electrons. The van der Waals surface area contributed by atoms with Crippen molar-refractivity contribution in [1.29, 1.82) is 0 Å². The van der Waals surface area contributed by atoms with Crippen molar-refractivity contribution in [3.05, 3.63) is 18.2 Å². The first-order chi connectivity index (χ1) is 7.79. The topological polar surface area (TPSA) is 73.2 Å². The molecule has 1 heterocycles. The van der Waals surface area contributed by atoms with E-state index < -0.39 is 11.7 Å². The second kappa shape index (κ2) is 4.99. The Kier molecular flexibility index (Phi) is 3.88. The number of nitrogens with zero attached hydrogens (tertiary/aromatic N) is 2. The molecule has 6 nitrogen and oxygen atoms in total. The van der Waals surface area contributed by atoms with E-state index in [1.54, 1.807) is 32.4 Å². The van der Waals surface area contributed by atoms with Gasteiger partial charge in [0.1, 0.15) is 11.3 Å². The number of nitrogens with one attached hydrogen (secondary N) is 1. The SMILES string of the molecule is Cn1cncc1C(=O)CNC(=O)OC(C)(C)C. The number of alkyl carbamates (subject to hydrolysis) is 1. The largest absolute Gasteiger partial charge is 0.444 e. The van der Waals surface area contributed by atoms with Crippen LogP contribution in [0.1, 0.15) is 31.3 Å². The molecule has 0 saturated carbocycles. The molecule has 0 bridgehead atoms. The molecule has 1 aromatic heterocycles. The summed E-state index contributed by atoms with van der Waals surface area (Å²) >= 11 is 0. The third-order valence-electron chi connectivity index (χ3n) is 1.89. The molecule has 0 unspecified atom stereocenters. The fourth-order valence-corrected chi connectivity index (χ4v) is 1.18. The molecule has 0 aliphatic rings. The maximum Gasteiger partial charge on any atom is 0.408 e. The molecule has 0 saturated heterocycles. The van der Waals surface area contributed by atoms with Crippen LogP contribution in [0.5, 0.6) is 0 Å². The molecule has 0 aromatic carbocycles. The van der Waals surface area contributed by atoms with Crippen LogP contribution >= 0.6 is 0 Å².